The Morgan fingerprint density at radius 3 is 2.45 bits per heavy atom. The Hall–Kier alpha value is -1.15. The summed E-state index contributed by atoms with van der Waals surface area (Å²) in [5, 5.41) is 0.215. The second-order valence-electron chi connectivity index (χ2n) is 5.02. The lowest BCUT2D eigenvalue weighted by atomic mass is 10.0. The number of carbonyl (C=O) groups is 1. The van der Waals surface area contributed by atoms with Crippen molar-refractivity contribution < 1.29 is 18.0 Å². The number of hydrogen-bond acceptors (Lipinski definition) is 4. The molecule has 0 aliphatic carbocycles. The summed E-state index contributed by atoms with van der Waals surface area (Å²) in [5.74, 6) is -0.408. The smallest absolute Gasteiger partial charge is 0.337 e. The summed E-state index contributed by atoms with van der Waals surface area (Å²) in [6.45, 7) is 1.11. The second-order valence-corrected chi connectivity index (χ2v) is 5.88. The zero-order valence-electron chi connectivity index (χ0n) is 11.3. The van der Waals surface area contributed by atoms with Crippen LogP contribution in [0.3, 0.4) is 0 Å². The van der Waals surface area contributed by atoms with Crippen LogP contribution in [0.25, 0.3) is 0 Å². The van der Waals surface area contributed by atoms with Crippen LogP contribution in [0.15, 0.2) is 5.38 Å². The van der Waals surface area contributed by atoms with Crippen LogP contribution < -0.4 is 0 Å². The van der Waals surface area contributed by atoms with Crippen molar-refractivity contribution in [3.05, 3.63) is 16.1 Å². The van der Waals surface area contributed by atoms with Gasteiger partial charge in [0.15, 0.2) is 5.01 Å². The highest BCUT2D eigenvalue weighted by atomic mass is 32.1. The first-order chi connectivity index (χ1) is 9.29. The van der Waals surface area contributed by atoms with Gasteiger partial charge < -0.3 is 9.80 Å². The molecule has 1 aliphatic heterocycles. The van der Waals surface area contributed by atoms with Gasteiger partial charge in [0.25, 0.3) is 5.91 Å². The number of alkyl halides is 3. The minimum Gasteiger partial charge on any atom is -0.337 e. The minimum atomic E-state index is -4.49. The molecule has 0 unspecified atom stereocenters. The van der Waals surface area contributed by atoms with E-state index in [1.54, 1.807) is 4.90 Å². The van der Waals surface area contributed by atoms with Crippen molar-refractivity contribution >= 4 is 17.2 Å². The molecule has 1 saturated heterocycles. The molecule has 0 atom stereocenters. The van der Waals surface area contributed by atoms with Gasteiger partial charge in [0.05, 0.1) is 0 Å². The van der Waals surface area contributed by atoms with E-state index in [2.05, 4.69) is 9.88 Å². The molecule has 2 rings (SSSR count). The van der Waals surface area contributed by atoms with E-state index < -0.39 is 17.1 Å². The Bertz CT molecular complexity index is 479. The number of thiazole rings is 1. The van der Waals surface area contributed by atoms with Crippen molar-refractivity contribution in [2.75, 3.05) is 27.2 Å². The summed E-state index contributed by atoms with van der Waals surface area (Å²) < 4.78 is 37.4. The molecule has 0 spiro atoms. The van der Waals surface area contributed by atoms with E-state index in [1.165, 1.54) is 5.38 Å². The predicted molar refractivity (Wildman–Crippen MR) is 69.7 cm³/mol. The summed E-state index contributed by atoms with van der Waals surface area (Å²) in [7, 11) is 3.97. The number of hydrogen-bond donors (Lipinski definition) is 0. The number of carbonyl (C=O) groups excluding carboxylic acids is 1. The van der Waals surface area contributed by atoms with Gasteiger partial charge in [-0.2, -0.15) is 13.2 Å². The predicted octanol–water partition coefficient (Wildman–Crippen LogP) is 2.33. The normalized spacial score (nSPS) is 17.8. The number of rotatable bonds is 2. The van der Waals surface area contributed by atoms with Gasteiger partial charge in [0, 0.05) is 24.5 Å². The van der Waals surface area contributed by atoms with Crippen molar-refractivity contribution in [3.63, 3.8) is 0 Å². The highest BCUT2D eigenvalue weighted by Gasteiger charge is 2.36. The number of aromatic nitrogens is 1. The molecule has 0 aromatic carbocycles. The summed E-state index contributed by atoms with van der Waals surface area (Å²) in [6.07, 6.45) is -2.83. The molecule has 8 heteroatoms. The number of piperidine rings is 1. The maximum atomic E-state index is 12.5. The van der Waals surface area contributed by atoms with Gasteiger partial charge in [0.1, 0.15) is 5.69 Å². The summed E-state index contributed by atoms with van der Waals surface area (Å²) in [5.41, 5.74) is -0.106. The number of nitrogens with zero attached hydrogens (tertiary/aromatic N) is 3. The van der Waals surface area contributed by atoms with Crippen molar-refractivity contribution in [1.82, 2.24) is 14.8 Å². The average molecular weight is 307 g/mol. The van der Waals surface area contributed by atoms with Crippen LogP contribution in [-0.4, -0.2) is 53.9 Å². The van der Waals surface area contributed by atoms with Crippen LogP contribution in [0, 0.1) is 0 Å². The molecule has 4 nitrogen and oxygen atoms in total. The van der Waals surface area contributed by atoms with E-state index in [1.807, 2.05) is 14.1 Å². The molecular weight excluding hydrogens is 291 g/mol. The van der Waals surface area contributed by atoms with Crippen molar-refractivity contribution in [1.29, 1.82) is 0 Å². The molecule has 1 fully saturated rings. The van der Waals surface area contributed by atoms with Crippen LogP contribution in [-0.2, 0) is 6.18 Å². The standard InChI is InChI=1S/C12H16F3N3OS/c1-17(2)8-3-5-18(6-4-8)10(19)9-7-20-11(16-9)12(13,14)15/h7-8H,3-6H2,1-2H3. The molecule has 20 heavy (non-hydrogen) atoms. The van der Waals surface area contributed by atoms with E-state index in [0.717, 1.165) is 12.8 Å². The lowest BCUT2D eigenvalue weighted by Crippen LogP contribution is -2.44. The fourth-order valence-corrected chi connectivity index (χ4v) is 2.91. The third-order valence-corrected chi connectivity index (χ3v) is 4.33. The number of halogens is 3. The van der Waals surface area contributed by atoms with Crippen LogP contribution in [0.1, 0.15) is 28.3 Å². The zero-order chi connectivity index (χ0) is 14.9. The molecule has 1 aromatic rings. The molecular formula is C12H16F3N3OS. The summed E-state index contributed by atoms with van der Waals surface area (Å²) in [4.78, 5) is 19.2. The Morgan fingerprint density at radius 2 is 2.00 bits per heavy atom. The molecule has 0 saturated carbocycles. The first-order valence-corrected chi connectivity index (χ1v) is 7.15. The summed E-state index contributed by atoms with van der Waals surface area (Å²) >= 11 is 0.462. The molecule has 2 heterocycles. The maximum absolute atomic E-state index is 12.5. The van der Waals surface area contributed by atoms with Crippen LogP contribution >= 0.6 is 11.3 Å². The first-order valence-electron chi connectivity index (χ1n) is 6.27. The molecule has 0 N–H and O–H groups in total. The first kappa shape index (κ1) is 15.2. The van der Waals surface area contributed by atoms with E-state index >= 15 is 0 Å². The Balaban J connectivity index is 2.01. The van der Waals surface area contributed by atoms with E-state index in [0.29, 0.717) is 30.5 Å². The van der Waals surface area contributed by atoms with E-state index in [9.17, 15) is 18.0 Å². The molecule has 1 amide bonds. The fourth-order valence-electron chi connectivity index (χ4n) is 2.25. The zero-order valence-corrected chi connectivity index (χ0v) is 12.1. The number of likely N-dealkylation sites (tertiary alicyclic amines) is 1. The Morgan fingerprint density at radius 1 is 1.40 bits per heavy atom. The van der Waals surface area contributed by atoms with Crippen LogP contribution in [0.2, 0.25) is 0 Å². The van der Waals surface area contributed by atoms with Crippen molar-refractivity contribution in [2.24, 2.45) is 0 Å². The largest absolute Gasteiger partial charge is 0.443 e. The fraction of sp³-hybridized carbons (Fsp3) is 0.667. The van der Waals surface area contributed by atoms with Gasteiger partial charge >= 0.3 is 6.18 Å². The topological polar surface area (TPSA) is 36.4 Å². The SMILES string of the molecule is CN(C)C1CCN(C(=O)c2csc(C(F)(F)F)n2)CC1. The molecule has 0 bridgehead atoms. The monoisotopic (exact) mass is 307 g/mol. The molecule has 0 radical (unpaired) electrons. The maximum Gasteiger partial charge on any atom is 0.443 e. The average Bonchev–Trinajstić information content (AvgIpc) is 2.87. The lowest BCUT2D eigenvalue weighted by molar-refractivity contribution is -0.137. The van der Waals surface area contributed by atoms with Gasteiger partial charge in [-0.1, -0.05) is 0 Å². The van der Waals surface area contributed by atoms with E-state index in [4.69, 9.17) is 0 Å². The van der Waals surface area contributed by atoms with Gasteiger partial charge in [-0.25, -0.2) is 4.98 Å². The van der Waals surface area contributed by atoms with Crippen LogP contribution in [0.5, 0.6) is 0 Å². The lowest BCUT2D eigenvalue weighted by Gasteiger charge is -2.34. The third-order valence-electron chi connectivity index (χ3n) is 3.45. The van der Waals surface area contributed by atoms with Crippen LogP contribution in [0.4, 0.5) is 13.2 Å². The van der Waals surface area contributed by atoms with Gasteiger partial charge in [-0.3, -0.25) is 4.79 Å². The highest BCUT2D eigenvalue weighted by molar-refractivity contribution is 7.09. The van der Waals surface area contributed by atoms with Crippen molar-refractivity contribution in [3.8, 4) is 0 Å². The summed E-state index contributed by atoms with van der Waals surface area (Å²) in [6, 6.07) is 0.417. The molecule has 112 valence electrons. The molecule has 1 aromatic heterocycles. The number of amides is 1. The van der Waals surface area contributed by atoms with Crippen molar-refractivity contribution in [2.45, 2.75) is 25.1 Å². The third kappa shape index (κ3) is 3.29. The molecule has 1 aliphatic rings. The Kier molecular flexibility index (Phi) is 4.33. The van der Waals surface area contributed by atoms with Gasteiger partial charge in [-0.05, 0) is 26.9 Å². The quantitative estimate of drug-likeness (QED) is 0.841. The second kappa shape index (κ2) is 5.69. The highest BCUT2D eigenvalue weighted by Crippen LogP contribution is 2.32. The minimum absolute atomic E-state index is 0.106. The van der Waals surface area contributed by atoms with Gasteiger partial charge in [0.2, 0.25) is 0 Å². The Labute approximate surface area is 119 Å². The van der Waals surface area contributed by atoms with Gasteiger partial charge in [-0.15, -0.1) is 11.3 Å². The van der Waals surface area contributed by atoms with E-state index in [-0.39, 0.29) is 5.69 Å².